The molecule has 0 radical (unpaired) electrons. The molecule has 0 fully saturated rings. The maximum atomic E-state index is 11.1. The Balaban J connectivity index is 1.86. The van der Waals surface area contributed by atoms with E-state index in [4.69, 9.17) is 34.4 Å². The van der Waals surface area contributed by atoms with Gasteiger partial charge in [-0.2, -0.15) is 5.10 Å². The highest BCUT2D eigenvalue weighted by atomic mass is 35.5. The second kappa shape index (κ2) is 7.79. The molecule has 1 atom stereocenters. The van der Waals surface area contributed by atoms with Crippen molar-refractivity contribution in [3.05, 3.63) is 70.7 Å². The first-order chi connectivity index (χ1) is 12.5. The lowest BCUT2D eigenvalue weighted by atomic mass is 9.90. The molecule has 1 heterocycles. The van der Waals surface area contributed by atoms with E-state index in [1.165, 1.54) is 17.3 Å². The lowest BCUT2D eigenvalue weighted by Crippen LogP contribution is -2.31. The summed E-state index contributed by atoms with van der Waals surface area (Å²) < 4.78 is 7.26. The van der Waals surface area contributed by atoms with Gasteiger partial charge in [0.1, 0.15) is 29.8 Å². The van der Waals surface area contributed by atoms with Crippen LogP contribution in [0.5, 0.6) is 11.5 Å². The minimum Gasteiger partial charge on any atom is -0.457 e. The highest BCUT2D eigenvalue weighted by molar-refractivity contribution is 6.31. The molecule has 1 N–H and O–H groups in total. The molecule has 0 saturated carbocycles. The highest BCUT2D eigenvalue weighted by Gasteiger charge is 2.32. The number of hydrogen-bond acceptors (Lipinski definition) is 4. The monoisotopic (exact) mass is 387 g/mol. The molecule has 0 spiro atoms. The number of hydrogen-bond donors (Lipinski definition) is 1. The highest BCUT2D eigenvalue weighted by Crippen LogP contribution is 2.35. The van der Waals surface area contributed by atoms with Crippen molar-refractivity contribution in [2.24, 2.45) is 0 Å². The van der Waals surface area contributed by atoms with Gasteiger partial charge < -0.3 is 9.84 Å². The van der Waals surface area contributed by atoms with E-state index in [2.05, 4.69) is 16.0 Å². The Bertz CT molecular complexity index is 921. The Kier molecular flexibility index (Phi) is 5.48. The first kappa shape index (κ1) is 18.3. The Morgan fingerprint density at radius 1 is 1.15 bits per heavy atom. The van der Waals surface area contributed by atoms with Gasteiger partial charge >= 0.3 is 0 Å². The van der Waals surface area contributed by atoms with Crippen LogP contribution in [0.3, 0.4) is 0 Å². The van der Waals surface area contributed by atoms with E-state index in [-0.39, 0.29) is 13.0 Å². The van der Waals surface area contributed by atoms with Crippen molar-refractivity contribution in [3.8, 4) is 23.8 Å². The van der Waals surface area contributed by atoms with Crippen molar-refractivity contribution in [2.75, 3.05) is 0 Å². The van der Waals surface area contributed by atoms with Gasteiger partial charge in [-0.05, 0) is 36.4 Å². The summed E-state index contributed by atoms with van der Waals surface area (Å²) in [7, 11) is 0. The van der Waals surface area contributed by atoms with Gasteiger partial charge in [0.05, 0.1) is 11.6 Å². The van der Waals surface area contributed by atoms with Crippen molar-refractivity contribution in [1.29, 1.82) is 0 Å². The van der Waals surface area contributed by atoms with Crippen LogP contribution >= 0.6 is 23.2 Å². The summed E-state index contributed by atoms with van der Waals surface area (Å²) in [5.41, 5.74) is -0.880. The molecule has 3 rings (SSSR count). The standard InChI is InChI=1S/C19H15Cl2N3O2/c1-2-9-19(25,11-24-13-22-12-23-24)17-8-7-16(10-18(17)21)26-15-5-3-14(20)4-6-15/h1,3-8,10,12-13,25H,9,11H2. The first-order valence-electron chi connectivity index (χ1n) is 7.72. The third-order valence-corrected chi connectivity index (χ3v) is 4.34. The Labute approximate surface area is 161 Å². The van der Waals surface area contributed by atoms with Crippen LogP contribution in [0, 0.1) is 12.3 Å². The molecule has 0 aliphatic rings. The molecular formula is C19H15Cl2N3O2. The number of benzene rings is 2. The predicted octanol–water partition coefficient (Wildman–Crippen LogP) is 4.29. The second-order valence-corrected chi connectivity index (χ2v) is 6.55. The third kappa shape index (κ3) is 4.17. The summed E-state index contributed by atoms with van der Waals surface area (Å²) in [4.78, 5) is 3.88. The molecule has 0 aliphatic carbocycles. The molecular weight excluding hydrogens is 373 g/mol. The largest absolute Gasteiger partial charge is 0.457 e. The van der Waals surface area contributed by atoms with Crippen LogP contribution in [0.2, 0.25) is 10.0 Å². The van der Waals surface area contributed by atoms with E-state index < -0.39 is 5.60 Å². The Morgan fingerprint density at radius 2 is 1.88 bits per heavy atom. The van der Waals surface area contributed by atoms with Gasteiger partial charge in [-0.1, -0.05) is 29.3 Å². The number of nitrogens with zero attached hydrogens (tertiary/aromatic N) is 3. The first-order valence-corrected chi connectivity index (χ1v) is 8.47. The summed E-state index contributed by atoms with van der Waals surface area (Å²) >= 11 is 12.3. The molecule has 132 valence electrons. The number of ether oxygens (including phenoxy) is 1. The number of halogens is 2. The van der Waals surface area contributed by atoms with Crippen molar-refractivity contribution < 1.29 is 9.84 Å². The molecule has 5 nitrogen and oxygen atoms in total. The summed E-state index contributed by atoms with van der Waals surface area (Å²) in [5, 5.41) is 16.1. The molecule has 26 heavy (non-hydrogen) atoms. The molecule has 1 unspecified atom stereocenters. The number of rotatable bonds is 6. The van der Waals surface area contributed by atoms with Gasteiger partial charge in [0.25, 0.3) is 0 Å². The van der Waals surface area contributed by atoms with Crippen molar-refractivity contribution in [2.45, 2.75) is 18.6 Å². The summed E-state index contributed by atoms with van der Waals surface area (Å²) in [5.74, 6) is 3.65. The zero-order valence-corrected chi connectivity index (χ0v) is 15.2. The topological polar surface area (TPSA) is 60.2 Å². The van der Waals surface area contributed by atoms with E-state index in [0.717, 1.165) is 0 Å². The van der Waals surface area contributed by atoms with Crippen molar-refractivity contribution in [1.82, 2.24) is 14.8 Å². The molecule has 0 saturated heterocycles. The van der Waals surface area contributed by atoms with Crippen LogP contribution in [-0.2, 0) is 12.1 Å². The minimum atomic E-state index is -1.38. The van der Waals surface area contributed by atoms with Crippen LogP contribution in [0.4, 0.5) is 0 Å². The molecule has 3 aromatic rings. The lowest BCUT2D eigenvalue weighted by molar-refractivity contribution is 0.0200. The average molecular weight is 388 g/mol. The van der Waals surface area contributed by atoms with Crippen LogP contribution in [0.1, 0.15) is 12.0 Å². The third-order valence-electron chi connectivity index (χ3n) is 3.78. The summed E-state index contributed by atoms with van der Waals surface area (Å²) in [6.07, 6.45) is 8.41. The fraction of sp³-hybridized carbons (Fsp3) is 0.158. The van der Waals surface area contributed by atoms with Crippen molar-refractivity contribution in [3.63, 3.8) is 0 Å². The van der Waals surface area contributed by atoms with Gasteiger partial charge in [-0.3, -0.25) is 0 Å². The Hall–Kier alpha value is -2.52. The van der Waals surface area contributed by atoms with Crippen LogP contribution in [-0.4, -0.2) is 19.9 Å². The Morgan fingerprint density at radius 3 is 2.50 bits per heavy atom. The number of aliphatic hydroxyl groups is 1. The average Bonchev–Trinajstić information content (AvgIpc) is 3.10. The quantitative estimate of drug-likeness (QED) is 0.640. The van der Waals surface area contributed by atoms with Gasteiger partial charge in [-0.15, -0.1) is 12.3 Å². The smallest absolute Gasteiger partial charge is 0.137 e. The van der Waals surface area contributed by atoms with Gasteiger partial charge in [0, 0.05) is 17.0 Å². The SMILES string of the molecule is C#CCC(O)(Cn1cncn1)c1ccc(Oc2ccc(Cl)cc2)cc1Cl. The maximum Gasteiger partial charge on any atom is 0.137 e. The molecule has 0 amide bonds. The number of terminal acetylenes is 1. The maximum absolute atomic E-state index is 11.1. The van der Waals surface area contributed by atoms with E-state index in [0.29, 0.717) is 27.1 Å². The molecule has 7 heteroatoms. The van der Waals surface area contributed by atoms with E-state index in [1.807, 2.05) is 0 Å². The van der Waals surface area contributed by atoms with E-state index in [1.54, 1.807) is 42.5 Å². The zero-order valence-electron chi connectivity index (χ0n) is 13.6. The minimum absolute atomic E-state index is 0.0734. The normalized spacial score (nSPS) is 13.0. The van der Waals surface area contributed by atoms with Gasteiger partial charge in [0.2, 0.25) is 0 Å². The lowest BCUT2D eigenvalue weighted by Gasteiger charge is -2.27. The van der Waals surface area contributed by atoms with Gasteiger partial charge in [0.15, 0.2) is 0 Å². The fourth-order valence-corrected chi connectivity index (χ4v) is 3.04. The molecule has 0 bridgehead atoms. The zero-order chi connectivity index (χ0) is 18.6. The predicted molar refractivity (Wildman–Crippen MR) is 100 cm³/mol. The van der Waals surface area contributed by atoms with Crippen molar-refractivity contribution >= 4 is 23.2 Å². The second-order valence-electron chi connectivity index (χ2n) is 5.70. The van der Waals surface area contributed by atoms with E-state index in [9.17, 15) is 5.11 Å². The fourth-order valence-electron chi connectivity index (χ4n) is 2.56. The van der Waals surface area contributed by atoms with Gasteiger partial charge in [-0.25, -0.2) is 9.67 Å². The van der Waals surface area contributed by atoms with Crippen LogP contribution in [0.25, 0.3) is 0 Å². The van der Waals surface area contributed by atoms with Crippen LogP contribution < -0.4 is 4.74 Å². The molecule has 0 aliphatic heterocycles. The molecule has 2 aromatic carbocycles. The summed E-state index contributed by atoms with van der Waals surface area (Å²) in [6.45, 7) is 0.133. The summed E-state index contributed by atoms with van der Waals surface area (Å²) in [6, 6.07) is 12.0. The molecule has 1 aromatic heterocycles. The van der Waals surface area contributed by atoms with Crippen LogP contribution in [0.15, 0.2) is 55.1 Å². The van der Waals surface area contributed by atoms with E-state index >= 15 is 0 Å². The number of aromatic nitrogens is 3.